The highest BCUT2D eigenvalue weighted by molar-refractivity contribution is 5.99. The van der Waals surface area contributed by atoms with E-state index in [0.717, 1.165) is 34.3 Å². The van der Waals surface area contributed by atoms with Crippen LogP contribution in [0.5, 0.6) is 5.75 Å². The third-order valence-corrected chi connectivity index (χ3v) is 7.21. The van der Waals surface area contributed by atoms with Gasteiger partial charge in [-0.15, -0.1) is 0 Å². The van der Waals surface area contributed by atoms with E-state index in [2.05, 4.69) is 6.08 Å². The van der Waals surface area contributed by atoms with Gasteiger partial charge in [0.15, 0.2) is 0 Å². The molecule has 1 atom stereocenters. The summed E-state index contributed by atoms with van der Waals surface area (Å²) in [6.45, 7) is 15.3. The quantitative estimate of drug-likeness (QED) is 0.368. The van der Waals surface area contributed by atoms with Crippen molar-refractivity contribution in [3.63, 3.8) is 0 Å². The van der Waals surface area contributed by atoms with Crippen molar-refractivity contribution in [2.45, 2.75) is 78.6 Å². The summed E-state index contributed by atoms with van der Waals surface area (Å²) in [4.78, 5) is 34.5. The SMILES string of the molecule is CC1Oc2ccc(C3=CCN(C(=O)OC(C)(C)C)CC3)cc2N(C(=O)OC(C)(C)C)c2nccc(C3=CCOCC3)c21. The number of ether oxygens (including phenoxy) is 4. The van der Waals surface area contributed by atoms with Crippen molar-refractivity contribution in [1.29, 1.82) is 0 Å². The molecule has 1 aromatic carbocycles. The largest absolute Gasteiger partial charge is 0.484 e. The summed E-state index contributed by atoms with van der Waals surface area (Å²) in [6, 6.07) is 7.84. The van der Waals surface area contributed by atoms with Crippen molar-refractivity contribution >= 4 is 34.8 Å². The summed E-state index contributed by atoms with van der Waals surface area (Å²) >= 11 is 0. The number of fused-ring (bicyclic) bond motifs is 2. The molecule has 9 heteroatoms. The zero-order valence-corrected chi connectivity index (χ0v) is 25.7. The standard InChI is InChI=1S/C33H41N3O6/c1-21-28-25(23-13-18-39-19-14-23)10-15-34-29(28)36(31(38)42-33(5,6)7)26-20-24(8-9-27(26)40-21)22-11-16-35(17-12-22)30(37)41-32(2,3)4/h8-11,13,15,20-21H,12,14,16-19H2,1-7H3. The summed E-state index contributed by atoms with van der Waals surface area (Å²) < 4.78 is 23.5. The molecule has 0 N–H and O–H groups in total. The van der Waals surface area contributed by atoms with Gasteiger partial charge in [0, 0.05) is 24.8 Å². The molecule has 3 aliphatic heterocycles. The Morgan fingerprint density at radius 2 is 1.69 bits per heavy atom. The van der Waals surface area contributed by atoms with E-state index in [0.29, 0.717) is 50.0 Å². The van der Waals surface area contributed by atoms with Crippen molar-refractivity contribution in [2.75, 3.05) is 31.2 Å². The fourth-order valence-electron chi connectivity index (χ4n) is 5.36. The lowest BCUT2D eigenvalue weighted by molar-refractivity contribution is 0.0270. The smallest absolute Gasteiger partial charge is 0.420 e. The first kappa shape index (κ1) is 29.6. The van der Waals surface area contributed by atoms with Gasteiger partial charge < -0.3 is 23.8 Å². The first-order chi connectivity index (χ1) is 19.8. The van der Waals surface area contributed by atoms with Crippen molar-refractivity contribution in [1.82, 2.24) is 9.88 Å². The number of anilines is 2. The molecule has 42 heavy (non-hydrogen) atoms. The summed E-state index contributed by atoms with van der Waals surface area (Å²) in [5.74, 6) is 1.06. The van der Waals surface area contributed by atoms with Crippen LogP contribution < -0.4 is 9.64 Å². The molecule has 1 unspecified atom stereocenters. The van der Waals surface area contributed by atoms with Crippen molar-refractivity contribution in [3.8, 4) is 5.75 Å². The van der Waals surface area contributed by atoms with Gasteiger partial charge in [0.1, 0.15) is 28.9 Å². The molecule has 5 rings (SSSR count). The van der Waals surface area contributed by atoms with Crippen LogP contribution in [0.2, 0.25) is 0 Å². The minimum Gasteiger partial charge on any atom is -0.484 e. The van der Waals surface area contributed by atoms with E-state index < -0.39 is 17.3 Å². The predicted octanol–water partition coefficient (Wildman–Crippen LogP) is 7.44. The number of nitrogens with zero attached hydrogens (tertiary/aromatic N) is 3. The molecule has 0 radical (unpaired) electrons. The Balaban J connectivity index is 1.56. The van der Waals surface area contributed by atoms with E-state index in [-0.39, 0.29) is 12.2 Å². The maximum absolute atomic E-state index is 13.9. The van der Waals surface area contributed by atoms with Crippen LogP contribution in [0.25, 0.3) is 11.1 Å². The Morgan fingerprint density at radius 1 is 0.952 bits per heavy atom. The van der Waals surface area contributed by atoms with E-state index >= 15 is 0 Å². The van der Waals surface area contributed by atoms with E-state index in [9.17, 15) is 9.59 Å². The summed E-state index contributed by atoms with van der Waals surface area (Å²) in [5, 5.41) is 0. The van der Waals surface area contributed by atoms with Crippen LogP contribution in [0.1, 0.15) is 84.1 Å². The van der Waals surface area contributed by atoms with Gasteiger partial charge in [-0.05, 0) is 102 Å². The lowest BCUT2D eigenvalue weighted by Crippen LogP contribution is -2.39. The molecule has 2 amide bonds. The lowest BCUT2D eigenvalue weighted by atomic mass is 9.94. The topological polar surface area (TPSA) is 90.4 Å². The zero-order chi connectivity index (χ0) is 30.2. The molecule has 0 saturated heterocycles. The van der Waals surface area contributed by atoms with Crippen LogP contribution in [0.3, 0.4) is 0 Å². The molecule has 3 aliphatic rings. The first-order valence-corrected chi connectivity index (χ1v) is 14.6. The first-order valence-electron chi connectivity index (χ1n) is 14.6. The van der Waals surface area contributed by atoms with Crippen molar-refractivity contribution in [2.24, 2.45) is 0 Å². The molecule has 0 aliphatic carbocycles. The Morgan fingerprint density at radius 3 is 2.33 bits per heavy atom. The second kappa shape index (κ2) is 11.4. The molecule has 0 spiro atoms. The highest BCUT2D eigenvalue weighted by atomic mass is 16.6. The summed E-state index contributed by atoms with van der Waals surface area (Å²) in [6.07, 6.45) is 6.04. The molecule has 2 aromatic rings. The van der Waals surface area contributed by atoms with E-state index in [1.54, 1.807) is 16.0 Å². The molecule has 9 nitrogen and oxygen atoms in total. The van der Waals surface area contributed by atoms with Crippen LogP contribution in [0.15, 0.2) is 42.6 Å². The second-order valence-corrected chi connectivity index (χ2v) is 12.8. The van der Waals surface area contributed by atoms with Gasteiger partial charge in [0.2, 0.25) is 0 Å². The maximum Gasteiger partial charge on any atom is 0.420 e. The highest BCUT2D eigenvalue weighted by Gasteiger charge is 2.36. The lowest BCUT2D eigenvalue weighted by Gasteiger charge is -2.30. The van der Waals surface area contributed by atoms with Crippen molar-refractivity contribution < 1.29 is 28.5 Å². The monoisotopic (exact) mass is 575 g/mol. The number of hydrogen-bond donors (Lipinski definition) is 0. The number of hydrogen-bond acceptors (Lipinski definition) is 7. The van der Waals surface area contributed by atoms with Gasteiger partial charge in [0.05, 0.1) is 18.9 Å². The summed E-state index contributed by atoms with van der Waals surface area (Å²) in [7, 11) is 0. The molecular weight excluding hydrogens is 534 g/mol. The van der Waals surface area contributed by atoms with E-state index in [1.807, 2.05) is 78.8 Å². The second-order valence-electron chi connectivity index (χ2n) is 12.8. The van der Waals surface area contributed by atoms with Crippen LogP contribution in [-0.4, -0.2) is 59.6 Å². The van der Waals surface area contributed by atoms with Crippen LogP contribution in [0.4, 0.5) is 21.1 Å². The van der Waals surface area contributed by atoms with Crippen LogP contribution >= 0.6 is 0 Å². The number of rotatable bonds is 2. The summed E-state index contributed by atoms with van der Waals surface area (Å²) in [5.41, 5.74) is 4.29. The number of aromatic nitrogens is 1. The number of pyridine rings is 1. The normalized spacial score (nSPS) is 19.0. The van der Waals surface area contributed by atoms with Crippen molar-refractivity contribution in [3.05, 3.63) is 59.3 Å². The number of carbonyl (C=O) groups excluding carboxylic acids is 2. The fraction of sp³-hybridized carbons (Fsp3) is 0.485. The van der Waals surface area contributed by atoms with E-state index in [4.69, 9.17) is 23.9 Å². The number of benzene rings is 1. The fourth-order valence-corrected chi connectivity index (χ4v) is 5.36. The average molecular weight is 576 g/mol. The molecule has 1 aromatic heterocycles. The van der Waals surface area contributed by atoms with Gasteiger partial charge in [-0.1, -0.05) is 18.2 Å². The average Bonchev–Trinajstić information content (AvgIpc) is 3.05. The molecule has 0 bridgehead atoms. The van der Waals surface area contributed by atoms with Gasteiger partial charge in [-0.25, -0.2) is 19.5 Å². The third kappa shape index (κ3) is 6.46. The van der Waals surface area contributed by atoms with Crippen LogP contribution in [0, 0.1) is 0 Å². The molecule has 0 saturated carbocycles. The predicted molar refractivity (Wildman–Crippen MR) is 162 cm³/mol. The molecule has 224 valence electrons. The van der Waals surface area contributed by atoms with Gasteiger partial charge in [-0.3, -0.25) is 0 Å². The Kier molecular flexibility index (Phi) is 8.07. The molecular formula is C33H41N3O6. The zero-order valence-electron chi connectivity index (χ0n) is 25.7. The maximum atomic E-state index is 13.9. The Hall–Kier alpha value is -3.85. The molecule has 0 fully saturated rings. The minimum atomic E-state index is -0.717. The Labute approximate surface area is 248 Å². The highest BCUT2D eigenvalue weighted by Crippen LogP contribution is 2.47. The Bertz CT molecular complexity index is 1430. The van der Waals surface area contributed by atoms with Gasteiger partial charge in [0.25, 0.3) is 0 Å². The number of amides is 2. The van der Waals surface area contributed by atoms with Crippen LogP contribution in [-0.2, 0) is 14.2 Å². The third-order valence-electron chi connectivity index (χ3n) is 7.21. The van der Waals surface area contributed by atoms with Gasteiger partial charge in [-0.2, -0.15) is 0 Å². The van der Waals surface area contributed by atoms with Gasteiger partial charge >= 0.3 is 12.2 Å². The number of carbonyl (C=O) groups is 2. The van der Waals surface area contributed by atoms with E-state index in [1.165, 1.54) is 0 Å². The minimum absolute atomic E-state index is 0.323. The molecule has 4 heterocycles.